The van der Waals surface area contributed by atoms with Crippen LogP contribution < -0.4 is 0 Å². The molecule has 2 aliphatic rings. The second-order valence-electron chi connectivity index (χ2n) is 5.20. The molecule has 76 valence electrons. The number of rotatable bonds is 1. The van der Waals surface area contributed by atoms with Gasteiger partial charge < -0.3 is 0 Å². The van der Waals surface area contributed by atoms with Gasteiger partial charge in [0.25, 0.3) is 0 Å². The predicted molar refractivity (Wildman–Crippen MR) is 56.8 cm³/mol. The fourth-order valence-electron chi connectivity index (χ4n) is 3.20. The Morgan fingerprint density at radius 1 is 1.08 bits per heavy atom. The predicted octanol–water partition coefficient (Wildman–Crippen LogP) is 3.05. The van der Waals surface area contributed by atoms with Gasteiger partial charge in [0, 0.05) is 5.54 Å². The van der Waals surface area contributed by atoms with Crippen molar-refractivity contribution in [2.24, 2.45) is 5.92 Å². The Morgan fingerprint density at radius 3 is 2.31 bits per heavy atom. The van der Waals surface area contributed by atoms with Crippen LogP contribution in [0.3, 0.4) is 0 Å². The maximum Gasteiger partial charge on any atom is 0.0206 e. The molecule has 0 aromatic heterocycles. The van der Waals surface area contributed by atoms with Crippen LogP contribution in [-0.4, -0.2) is 23.5 Å². The Kier molecular flexibility index (Phi) is 2.64. The van der Waals surface area contributed by atoms with E-state index in [2.05, 4.69) is 18.7 Å². The summed E-state index contributed by atoms with van der Waals surface area (Å²) in [5.41, 5.74) is 0.556. The summed E-state index contributed by atoms with van der Waals surface area (Å²) < 4.78 is 0. The molecule has 2 unspecified atom stereocenters. The van der Waals surface area contributed by atoms with Gasteiger partial charge in [-0.2, -0.15) is 0 Å². The van der Waals surface area contributed by atoms with Crippen molar-refractivity contribution in [1.82, 2.24) is 4.90 Å². The van der Waals surface area contributed by atoms with Crippen molar-refractivity contribution in [3.8, 4) is 0 Å². The third-order valence-electron chi connectivity index (χ3n) is 4.46. The molecular weight excluding hydrogens is 158 g/mol. The Bertz CT molecular complexity index is 172. The van der Waals surface area contributed by atoms with Crippen LogP contribution in [0.1, 0.15) is 52.4 Å². The Labute approximate surface area is 82.5 Å². The van der Waals surface area contributed by atoms with Crippen molar-refractivity contribution in [3.63, 3.8) is 0 Å². The number of hydrogen-bond acceptors (Lipinski definition) is 1. The summed E-state index contributed by atoms with van der Waals surface area (Å²) in [6, 6.07) is 0. The highest BCUT2D eigenvalue weighted by Gasteiger charge is 2.40. The van der Waals surface area contributed by atoms with Crippen LogP contribution in [0.2, 0.25) is 0 Å². The Hall–Kier alpha value is -0.0400. The molecule has 1 saturated carbocycles. The van der Waals surface area contributed by atoms with Crippen LogP contribution in [0.5, 0.6) is 0 Å². The van der Waals surface area contributed by atoms with Crippen LogP contribution in [0.4, 0.5) is 0 Å². The molecule has 2 rings (SSSR count). The number of nitrogens with zero attached hydrogens (tertiary/aromatic N) is 1. The van der Waals surface area contributed by atoms with E-state index in [0.29, 0.717) is 5.54 Å². The van der Waals surface area contributed by atoms with Crippen molar-refractivity contribution < 1.29 is 0 Å². The fraction of sp³-hybridized carbons (Fsp3) is 1.00. The van der Waals surface area contributed by atoms with Crippen molar-refractivity contribution in [2.45, 2.75) is 57.9 Å². The standard InChI is InChI=1S/C12H23N/c1-11-7-6-8-12(11,2)13-9-4-3-5-10-13/h11H,3-10H2,1-2H3. The zero-order valence-electron chi connectivity index (χ0n) is 9.18. The molecule has 1 aliphatic carbocycles. The van der Waals surface area contributed by atoms with E-state index in [1.807, 2.05) is 0 Å². The highest BCUT2D eigenvalue weighted by atomic mass is 15.2. The second kappa shape index (κ2) is 3.61. The van der Waals surface area contributed by atoms with Crippen molar-refractivity contribution >= 4 is 0 Å². The van der Waals surface area contributed by atoms with Gasteiger partial charge in [-0.25, -0.2) is 0 Å². The molecule has 0 aromatic rings. The lowest BCUT2D eigenvalue weighted by atomic mass is 9.87. The van der Waals surface area contributed by atoms with Crippen LogP contribution in [0.25, 0.3) is 0 Å². The largest absolute Gasteiger partial charge is 0.298 e. The number of likely N-dealkylation sites (tertiary alicyclic amines) is 1. The number of piperidine rings is 1. The minimum atomic E-state index is 0.556. The van der Waals surface area contributed by atoms with Gasteiger partial charge >= 0.3 is 0 Å². The molecule has 0 aromatic carbocycles. The van der Waals surface area contributed by atoms with E-state index in [0.717, 1.165) is 5.92 Å². The first-order valence-electron chi connectivity index (χ1n) is 5.98. The lowest BCUT2D eigenvalue weighted by Crippen LogP contribution is -2.50. The van der Waals surface area contributed by atoms with Crippen molar-refractivity contribution in [3.05, 3.63) is 0 Å². The first-order chi connectivity index (χ1) is 6.23. The van der Waals surface area contributed by atoms with Gasteiger partial charge in [0.2, 0.25) is 0 Å². The molecule has 1 heterocycles. The van der Waals surface area contributed by atoms with Crippen molar-refractivity contribution in [2.75, 3.05) is 13.1 Å². The summed E-state index contributed by atoms with van der Waals surface area (Å²) in [4.78, 5) is 2.77. The van der Waals surface area contributed by atoms with E-state index in [9.17, 15) is 0 Å². The van der Waals surface area contributed by atoms with Gasteiger partial charge in [-0.15, -0.1) is 0 Å². The maximum absolute atomic E-state index is 2.77. The molecular formula is C12H23N. The summed E-state index contributed by atoms with van der Waals surface area (Å²) in [7, 11) is 0. The van der Waals surface area contributed by atoms with Gasteiger partial charge in [0.15, 0.2) is 0 Å². The second-order valence-corrected chi connectivity index (χ2v) is 5.20. The highest BCUT2D eigenvalue weighted by molar-refractivity contribution is 4.96. The first-order valence-corrected chi connectivity index (χ1v) is 5.98. The molecule has 0 spiro atoms. The highest BCUT2D eigenvalue weighted by Crippen LogP contribution is 2.40. The molecule has 0 radical (unpaired) electrons. The van der Waals surface area contributed by atoms with Gasteiger partial charge in [-0.05, 0) is 51.6 Å². The normalized spacial score (nSPS) is 42.5. The zero-order chi connectivity index (χ0) is 9.31. The molecule has 2 atom stereocenters. The summed E-state index contributed by atoms with van der Waals surface area (Å²) in [5, 5.41) is 0. The maximum atomic E-state index is 2.77. The minimum Gasteiger partial charge on any atom is -0.298 e. The van der Waals surface area contributed by atoms with E-state index in [4.69, 9.17) is 0 Å². The lowest BCUT2D eigenvalue weighted by Gasteiger charge is -2.44. The SMILES string of the molecule is CC1CCCC1(C)N1CCCCC1. The summed E-state index contributed by atoms with van der Waals surface area (Å²) >= 11 is 0. The smallest absolute Gasteiger partial charge is 0.0206 e. The van der Waals surface area contributed by atoms with E-state index in [1.165, 1.54) is 51.6 Å². The average Bonchev–Trinajstić information content (AvgIpc) is 2.50. The molecule has 2 fully saturated rings. The lowest BCUT2D eigenvalue weighted by molar-refractivity contribution is 0.0544. The summed E-state index contributed by atoms with van der Waals surface area (Å²) in [6.07, 6.45) is 8.67. The van der Waals surface area contributed by atoms with Gasteiger partial charge in [0.1, 0.15) is 0 Å². The van der Waals surface area contributed by atoms with Crippen LogP contribution in [0.15, 0.2) is 0 Å². The van der Waals surface area contributed by atoms with Gasteiger partial charge in [-0.1, -0.05) is 19.8 Å². The molecule has 1 heteroatoms. The molecule has 1 aliphatic heterocycles. The van der Waals surface area contributed by atoms with Crippen molar-refractivity contribution in [1.29, 1.82) is 0 Å². The zero-order valence-corrected chi connectivity index (χ0v) is 9.18. The summed E-state index contributed by atoms with van der Waals surface area (Å²) in [6.45, 7) is 7.67. The Balaban J connectivity index is 2.03. The molecule has 1 saturated heterocycles. The fourth-order valence-corrected chi connectivity index (χ4v) is 3.20. The third-order valence-corrected chi connectivity index (χ3v) is 4.46. The molecule has 13 heavy (non-hydrogen) atoms. The van der Waals surface area contributed by atoms with Crippen LogP contribution >= 0.6 is 0 Å². The molecule has 0 N–H and O–H groups in total. The van der Waals surface area contributed by atoms with Gasteiger partial charge in [0.05, 0.1) is 0 Å². The average molecular weight is 181 g/mol. The molecule has 1 nitrogen and oxygen atoms in total. The minimum absolute atomic E-state index is 0.556. The monoisotopic (exact) mass is 181 g/mol. The quantitative estimate of drug-likeness (QED) is 0.601. The van der Waals surface area contributed by atoms with Gasteiger partial charge in [-0.3, -0.25) is 4.90 Å². The molecule has 0 bridgehead atoms. The van der Waals surface area contributed by atoms with Crippen LogP contribution in [0, 0.1) is 5.92 Å². The Morgan fingerprint density at radius 2 is 1.77 bits per heavy atom. The van der Waals surface area contributed by atoms with E-state index < -0.39 is 0 Å². The number of hydrogen-bond donors (Lipinski definition) is 0. The van der Waals surface area contributed by atoms with E-state index >= 15 is 0 Å². The van der Waals surface area contributed by atoms with E-state index in [-0.39, 0.29) is 0 Å². The first kappa shape index (κ1) is 9.51. The topological polar surface area (TPSA) is 3.24 Å². The van der Waals surface area contributed by atoms with Crippen LogP contribution in [-0.2, 0) is 0 Å². The summed E-state index contributed by atoms with van der Waals surface area (Å²) in [5.74, 6) is 0.922. The molecule has 0 amide bonds. The van der Waals surface area contributed by atoms with E-state index in [1.54, 1.807) is 0 Å². The third kappa shape index (κ3) is 1.63.